The predicted molar refractivity (Wildman–Crippen MR) is 99.3 cm³/mol. The number of aromatic nitrogens is 3. The van der Waals surface area contributed by atoms with E-state index in [2.05, 4.69) is 15.2 Å². The van der Waals surface area contributed by atoms with Gasteiger partial charge in [0.1, 0.15) is 23.2 Å². The molecule has 0 spiro atoms. The number of H-pyrrole nitrogens is 1. The van der Waals surface area contributed by atoms with E-state index in [1.165, 1.54) is 9.80 Å². The van der Waals surface area contributed by atoms with Gasteiger partial charge in [0.05, 0.1) is 19.1 Å². The Kier molecular flexibility index (Phi) is 6.20. The van der Waals surface area contributed by atoms with Crippen LogP contribution in [0.25, 0.3) is 0 Å². The van der Waals surface area contributed by atoms with E-state index in [0.717, 1.165) is 0 Å². The van der Waals surface area contributed by atoms with Crippen molar-refractivity contribution in [1.82, 2.24) is 25.0 Å². The van der Waals surface area contributed by atoms with Crippen molar-refractivity contribution in [1.29, 1.82) is 0 Å². The number of rotatable bonds is 3. The number of amides is 2. The largest absolute Gasteiger partial charge is 0.444 e. The van der Waals surface area contributed by atoms with Crippen LogP contribution >= 0.6 is 0 Å². The number of hydrogen-bond acceptors (Lipinski definition) is 6. The van der Waals surface area contributed by atoms with E-state index in [0.29, 0.717) is 11.6 Å². The Balaban J connectivity index is 2.07. The molecule has 9 nitrogen and oxygen atoms in total. The molecule has 2 heterocycles. The number of halogens is 1. The maximum absolute atomic E-state index is 14.0. The highest BCUT2D eigenvalue weighted by Crippen LogP contribution is 2.33. The fraction of sp³-hybridized carbons (Fsp3) is 0.778. The third-order valence-corrected chi connectivity index (χ3v) is 3.82. The Labute approximate surface area is 164 Å². The maximum atomic E-state index is 14.0. The molecule has 0 unspecified atom stereocenters. The van der Waals surface area contributed by atoms with E-state index in [1.54, 1.807) is 48.6 Å². The molecule has 1 fully saturated rings. The average molecular weight is 399 g/mol. The average Bonchev–Trinajstić information content (AvgIpc) is 3.10. The lowest BCUT2D eigenvalue weighted by atomic mass is 10.2. The van der Waals surface area contributed by atoms with Crippen LogP contribution in [0.2, 0.25) is 0 Å². The summed E-state index contributed by atoms with van der Waals surface area (Å²) in [6.45, 7) is 10.7. The van der Waals surface area contributed by atoms with Gasteiger partial charge in [-0.1, -0.05) is 0 Å². The Morgan fingerprint density at radius 3 is 2.39 bits per heavy atom. The summed E-state index contributed by atoms with van der Waals surface area (Å²) in [7, 11) is 1.58. The second kappa shape index (κ2) is 7.92. The van der Waals surface area contributed by atoms with Gasteiger partial charge in [0.15, 0.2) is 5.82 Å². The molecule has 1 aliphatic heterocycles. The number of nitrogens with zero attached hydrogens (tertiary/aromatic N) is 4. The summed E-state index contributed by atoms with van der Waals surface area (Å²) >= 11 is 0. The molecule has 1 aromatic heterocycles. The van der Waals surface area contributed by atoms with Crippen molar-refractivity contribution in [2.45, 2.75) is 77.9 Å². The van der Waals surface area contributed by atoms with Gasteiger partial charge in [-0.2, -0.15) is 5.10 Å². The molecule has 28 heavy (non-hydrogen) atoms. The lowest BCUT2D eigenvalue weighted by Crippen LogP contribution is -2.37. The quantitative estimate of drug-likeness (QED) is 0.838. The summed E-state index contributed by atoms with van der Waals surface area (Å²) in [5.74, 6) is 0.702. The molecule has 0 radical (unpaired) electrons. The van der Waals surface area contributed by atoms with Gasteiger partial charge in [-0.05, 0) is 41.5 Å². The molecule has 0 saturated carbocycles. The lowest BCUT2D eigenvalue weighted by Gasteiger charge is -2.27. The zero-order valence-electron chi connectivity index (χ0n) is 17.6. The summed E-state index contributed by atoms with van der Waals surface area (Å²) in [6, 6.07) is -0.623. The molecule has 2 rings (SSSR count). The number of likely N-dealkylation sites (tertiary alicyclic amines) is 1. The van der Waals surface area contributed by atoms with E-state index in [1.807, 2.05) is 0 Å². The first-order chi connectivity index (χ1) is 12.7. The third kappa shape index (κ3) is 6.07. The van der Waals surface area contributed by atoms with Gasteiger partial charge in [0, 0.05) is 13.5 Å². The van der Waals surface area contributed by atoms with E-state index in [9.17, 15) is 14.0 Å². The number of alkyl halides is 1. The number of ether oxygens (including phenoxy) is 2. The number of nitrogens with one attached hydrogen (secondary N) is 1. The van der Waals surface area contributed by atoms with Crippen molar-refractivity contribution in [2.75, 3.05) is 13.6 Å². The molecule has 158 valence electrons. The van der Waals surface area contributed by atoms with Crippen LogP contribution in [0.15, 0.2) is 0 Å². The second-order valence-corrected chi connectivity index (χ2v) is 8.96. The predicted octanol–water partition coefficient (Wildman–Crippen LogP) is 3.19. The summed E-state index contributed by atoms with van der Waals surface area (Å²) in [4.78, 5) is 31.5. The van der Waals surface area contributed by atoms with Crippen LogP contribution in [0.4, 0.5) is 14.0 Å². The Morgan fingerprint density at radius 2 is 1.82 bits per heavy atom. The first-order valence-corrected chi connectivity index (χ1v) is 9.24. The van der Waals surface area contributed by atoms with Gasteiger partial charge in [0.25, 0.3) is 0 Å². The molecule has 0 aromatic carbocycles. The minimum Gasteiger partial charge on any atom is -0.444 e. The van der Waals surface area contributed by atoms with Crippen LogP contribution in [0.1, 0.15) is 65.7 Å². The highest BCUT2D eigenvalue weighted by molar-refractivity contribution is 5.69. The van der Waals surface area contributed by atoms with Gasteiger partial charge in [-0.25, -0.2) is 19.0 Å². The Morgan fingerprint density at radius 1 is 1.21 bits per heavy atom. The van der Waals surface area contributed by atoms with Crippen LogP contribution in [-0.2, 0) is 16.0 Å². The van der Waals surface area contributed by atoms with Crippen LogP contribution in [0.3, 0.4) is 0 Å². The molecule has 1 aliphatic rings. The summed E-state index contributed by atoms with van der Waals surface area (Å²) in [6.07, 6.45) is -2.18. The first kappa shape index (κ1) is 21.9. The number of hydrogen-bond donors (Lipinski definition) is 1. The molecule has 1 aromatic rings. The Hall–Kier alpha value is -2.39. The molecular weight excluding hydrogens is 369 g/mol. The molecule has 1 saturated heterocycles. The van der Waals surface area contributed by atoms with Crippen molar-refractivity contribution in [3.8, 4) is 0 Å². The number of carbonyl (C=O) groups excluding carboxylic acids is 2. The normalized spacial score (nSPS) is 20.2. The highest BCUT2D eigenvalue weighted by atomic mass is 19.1. The Bertz CT molecular complexity index is 710. The summed E-state index contributed by atoms with van der Waals surface area (Å²) < 4.78 is 24.6. The van der Waals surface area contributed by atoms with Crippen molar-refractivity contribution in [3.05, 3.63) is 11.6 Å². The minimum absolute atomic E-state index is 0.0682. The van der Waals surface area contributed by atoms with E-state index >= 15 is 0 Å². The maximum Gasteiger partial charge on any atom is 0.411 e. The van der Waals surface area contributed by atoms with E-state index in [-0.39, 0.29) is 19.5 Å². The highest BCUT2D eigenvalue weighted by Gasteiger charge is 2.40. The van der Waals surface area contributed by atoms with Crippen LogP contribution in [-0.4, -0.2) is 68.1 Å². The fourth-order valence-electron chi connectivity index (χ4n) is 2.71. The van der Waals surface area contributed by atoms with Crippen molar-refractivity contribution in [3.63, 3.8) is 0 Å². The van der Waals surface area contributed by atoms with Crippen LogP contribution < -0.4 is 0 Å². The van der Waals surface area contributed by atoms with Crippen molar-refractivity contribution < 1.29 is 23.5 Å². The molecule has 0 bridgehead atoms. The van der Waals surface area contributed by atoms with Gasteiger partial charge < -0.3 is 14.4 Å². The van der Waals surface area contributed by atoms with Crippen molar-refractivity contribution in [2.24, 2.45) is 0 Å². The molecule has 10 heteroatoms. The van der Waals surface area contributed by atoms with Gasteiger partial charge in [0.2, 0.25) is 0 Å². The van der Waals surface area contributed by atoms with Gasteiger partial charge in [-0.3, -0.25) is 10.00 Å². The molecule has 2 atom stereocenters. The van der Waals surface area contributed by atoms with Crippen LogP contribution in [0.5, 0.6) is 0 Å². The van der Waals surface area contributed by atoms with Crippen LogP contribution in [0, 0.1) is 0 Å². The number of carbonyl (C=O) groups is 2. The topological polar surface area (TPSA) is 101 Å². The fourth-order valence-corrected chi connectivity index (χ4v) is 2.71. The smallest absolute Gasteiger partial charge is 0.411 e. The zero-order chi connectivity index (χ0) is 21.3. The van der Waals surface area contributed by atoms with Gasteiger partial charge >= 0.3 is 12.2 Å². The third-order valence-electron chi connectivity index (χ3n) is 3.82. The molecular formula is C18H30FN5O4. The van der Waals surface area contributed by atoms with Gasteiger partial charge in [-0.15, -0.1) is 0 Å². The zero-order valence-corrected chi connectivity index (χ0v) is 17.6. The van der Waals surface area contributed by atoms with Crippen molar-refractivity contribution >= 4 is 12.2 Å². The molecule has 1 N–H and O–H groups in total. The number of aromatic amines is 1. The summed E-state index contributed by atoms with van der Waals surface area (Å²) in [5, 5.41) is 6.86. The lowest BCUT2D eigenvalue weighted by molar-refractivity contribution is 0.0210. The second-order valence-electron chi connectivity index (χ2n) is 8.96. The summed E-state index contributed by atoms with van der Waals surface area (Å²) in [5.41, 5.74) is -1.29. The molecule has 0 aliphatic carbocycles. The van der Waals surface area contributed by atoms with E-state index < -0.39 is 35.6 Å². The SMILES string of the molecule is CN(Cc1nc([C@H]2C[C@H](F)CN2C(=O)OC(C)(C)C)n[nH]1)C(=O)OC(C)(C)C. The minimum atomic E-state index is -1.18. The molecule has 2 amide bonds. The first-order valence-electron chi connectivity index (χ1n) is 9.24. The van der Waals surface area contributed by atoms with E-state index in [4.69, 9.17) is 9.47 Å². The standard InChI is InChI=1S/C18H30FN5O4/c1-17(2,3)27-15(25)23(7)10-13-20-14(22-21-13)12-8-11(19)9-24(12)16(26)28-18(4,5)6/h11-12H,8-10H2,1-7H3,(H,20,21,22)/t11-,12+/m0/s1. The monoisotopic (exact) mass is 399 g/mol.